The standard InChI is InChI=1S/C8H11Br.C2H6/c1-7(2)5-4-6-8(3)9;1-2/h4-6H,3H2,1-2H3;1-2H3/b6-4-;. The SMILES string of the molecule is C=C(Br)/C=C\C=C(C)C.CC. The molecule has 0 aliphatic heterocycles. The Labute approximate surface area is 78.8 Å². The van der Waals surface area contributed by atoms with Crippen LogP contribution in [0.2, 0.25) is 0 Å². The van der Waals surface area contributed by atoms with Gasteiger partial charge in [-0.1, -0.05) is 54.1 Å². The van der Waals surface area contributed by atoms with Gasteiger partial charge in [0.2, 0.25) is 0 Å². The van der Waals surface area contributed by atoms with E-state index in [-0.39, 0.29) is 0 Å². The summed E-state index contributed by atoms with van der Waals surface area (Å²) in [5, 5.41) is 0. The molecule has 0 saturated heterocycles. The Morgan fingerprint density at radius 1 is 1.27 bits per heavy atom. The molecule has 0 atom stereocenters. The van der Waals surface area contributed by atoms with Gasteiger partial charge in [-0.05, 0) is 19.9 Å². The van der Waals surface area contributed by atoms with Crippen molar-refractivity contribution < 1.29 is 0 Å². The molecule has 0 aromatic rings. The second-order valence-corrected chi connectivity index (χ2v) is 3.07. The third kappa shape index (κ3) is 17.7. The predicted molar refractivity (Wildman–Crippen MR) is 58.0 cm³/mol. The van der Waals surface area contributed by atoms with Gasteiger partial charge < -0.3 is 0 Å². The number of hydrogen-bond acceptors (Lipinski definition) is 0. The van der Waals surface area contributed by atoms with Crippen molar-refractivity contribution in [1.29, 1.82) is 0 Å². The fraction of sp³-hybridized carbons (Fsp3) is 0.400. The van der Waals surface area contributed by atoms with Crippen LogP contribution in [0.4, 0.5) is 0 Å². The molecule has 0 rings (SSSR count). The molecule has 0 bridgehead atoms. The van der Waals surface area contributed by atoms with Crippen LogP contribution in [-0.2, 0) is 0 Å². The van der Waals surface area contributed by atoms with Crippen LogP contribution in [-0.4, -0.2) is 0 Å². The molecule has 1 heteroatoms. The fourth-order valence-electron chi connectivity index (χ4n) is 0.345. The minimum Gasteiger partial charge on any atom is -0.0847 e. The third-order valence-electron chi connectivity index (χ3n) is 0.707. The third-order valence-corrected chi connectivity index (χ3v) is 0.971. The van der Waals surface area contributed by atoms with Crippen molar-refractivity contribution in [2.45, 2.75) is 27.7 Å². The van der Waals surface area contributed by atoms with Crippen molar-refractivity contribution in [3.8, 4) is 0 Å². The Kier molecular flexibility index (Phi) is 11.7. The van der Waals surface area contributed by atoms with Gasteiger partial charge in [-0.3, -0.25) is 0 Å². The maximum absolute atomic E-state index is 3.65. The molecule has 0 unspecified atom stereocenters. The summed E-state index contributed by atoms with van der Waals surface area (Å²) in [4.78, 5) is 0. The fourth-order valence-corrected chi connectivity index (χ4v) is 0.498. The lowest BCUT2D eigenvalue weighted by Gasteiger charge is -1.81. The smallest absolute Gasteiger partial charge is 0.0103 e. The van der Waals surface area contributed by atoms with E-state index in [0.29, 0.717) is 0 Å². The average Bonchev–Trinajstić information content (AvgIpc) is 1.90. The molecule has 0 nitrogen and oxygen atoms in total. The van der Waals surface area contributed by atoms with Crippen molar-refractivity contribution >= 4 is 15.9 Å². The molecule has 0 aromatic heterocycles. The topological polar surface area (TPSA) is 0 Å². The van der Waals surface area contributed by atoms with E-state index in [2.05, 4.69) is 36.4 Å². The molecule has 0 heterocycles. The molecule has 0 aliphatic carbocycles. The second-order valence-electron chi connectivity index (χ2n) is 2.05. The summed E-state index contributed by atoms with van der Waals surface area (Å²) in [5.74, 6) is 0. The van der Waals surface area contributed by atoms with Gasteiger partial charge in [0.25, 0.3) is 0 Å². The highest BCUT2D eigenvalue weighted by Crippen LogP contribution is 2.02. The van der Waals surface area contributed by atoms with Crippen molar-refractivity contribution in [3.05, 3.63) is 34.9 Å². The van der Waals surface area contributed by atoms with Gasteiger partial charge in [0.15, 0.2) is 0 Å². The molecule has 0 amide bonds. The van der Waals surface area contributed by atoms with E-state index in [0.717, 1.165) is 4.48 Å². The van der Waals surface area contributed by atoms with Crippen LogP contribution in [0.5, 0.6) is 0 Å². The number of hydrogen-bond donors (Lipinski definition) is 0. The van der Waals surface area contributed by atoms with Crippen LogP contribution >= 0.6 is 15.9 Å². The first-order valence-corrected chi connectivity index (χ1v) is 4.58. The van der Waals surface area contributed by atoms with Crippen LogP contribution in [0, 0.1) is 0 Å². The predicted octanol–water partition coefficient (Wildman–Crippen LogP) is 4.44. The zero-order valence-corrected chi connectivity index (χ0v) is 9.40. The Morgan fingerprint density at radius 2 is 1.73 bits per heavy atom. The first kappa shape index (κ1) is 13.3. The van der Waals surface area contributed by atoms with E-state index in [1.807, 2.05) is 32.1 Å². The van der Waals surface area contributed by atoms with Crippen LogP contribution in [0.15, 0.2) is 34.9 Å². The summed E-state index contributed by atoms with van der Waals surface area (Å²) in [5.41, 5.74) is 1.29. The van der Waals surface area contributed by atoms with Gasteiger partial charge in [0.05, 0.1) is 0 Å². The highest BCUT2D eigenvalue weighted by Gasteiger charge is 1.73. The molecule has 0 radical (unpaired) electrons. The van der Waals surface area contributed by atoms with Crippen LogP contribution in [0.1, 0.15) is 27.7 Å². The average molecular weight is 217 g/mol. The molecule has 0 aromatic carbocycles. The molecule has 0 N–H and O–H groups in total. The summed E-state index contributed by atoms with van der Waals surface area (Å²) in [6, 6.07) is 0. The van der Waals surface area contributed by atoms with E-state index in [9.17, 15) is 0 Å². The Bertz CT molecular complexity index is 148. The summed E-state index contributed by atoms with van der Waals surface area (Å²) >= 11 is 3.21. The van der Waals surface area contributed by atoms with Gasteiger partial charge in [-0.15, -0.1) is 0 Å². The Morgan fingerprint density at radius 3 is 2.00 bits per heavy atom. The normalized spacial score (nSPS) is 8.45. The quantitative estimate of drug-likeness (QED) is 0.599. The molecular formula is C10H17Br. The summed E-state index contributed by atoms with van der Waals surface area (Å²) in [6.45, 7) is 11.8. The van der Waals surface area contributed by atoms with Gasteiger partial charge in [-0.2, -0.15) is 0 Å². The minimum absolute atomic E-state index is 0.903. The number of rotatable bonds is 2. The molecule has 64 valence electrons. The molecule has 11 heavy (non-hydrogen) atoms. The largest absolute Gasteiger partial charge is 0.0847 e. The molecule has 0 aliphatic rings. The second kappa shape index (κ2) is 9.70. The molecule has 0 fully saturated rings. The zero-order chi connectivity index (χ0) is 9.28. The van der Waals surface area contributed by atoms with E-state index < -0.39 is 0 Å². The van der Waals surface area contributed by atoms with Crippen molar-refractivity contribution in [3.63, 3.8) is 0 Å². The molecule has 0 spiro atoms. The van der Waals surface area contributed by atoms with Crippen molar-refractivity contribution in [2.24, 2.45) is 0 Å². The summed E-state index contributed by atoms with van der Waals surface area (Å²) < 4.78 is 0.903. The maximum atomic E-state index is 3.65. The van der Waals surface area contributed by atoms with Gasteiger partial charge >= 0.3 is 0 Å². The maximum Gasteiger partial charge on any atom is 0.0103 e. The first-order chi connectivity index (χ1) is 5.13. The monoisotopic (exact) mass is 216 g/mol. The highest BCUT2D eigenvalue weighted by atomic mass is 79.9. The number of allylic oxidation sites excluding steroid dienone is 5. The van der Waals surface area contributed by atoms with E-state index in [1.54, 1.807) is 0 Å². The zero-order valence-electron chi connectivity index (χ0n) is 7.82. The van der Waals surface area contributed by atoms with Crippen LogP contribution in [0.3, 0.4) is 0 Å². The lowest BCUT2D eigenvalue weighted by molar-refractivity contribution is 1.39. The van der Waals surface area contributed by atoms with E-state index in [1.165, 1.54) is 5.57 Å². The van der Waals surface area contributed by atoms with Gasteiger partial charge in [0, 0.05) is 4.48 Å². The Hall–Kier alpha value is -0.300. The minimum atomic E-state index is 0.903. The van der Waals surface area contributed by atoms with Gasteiger partial charge in [-0.25, -0.2) is 0 Å². The van der Waals surface area contributed by atoms with Crippen molar-refractivity contribution in [2.75, 3.05) is 0 Å². The summed E-state index contributed by atoms with van der Waals surface area (Å²) in [7, 11) is 0. The lowest BCUT2D eigenvalue weighted by Crippen LogP contribution is -1.59. The van der Waals surface area contributed by atoms with Crippen LogP contribution in [0.25, 0.3) is 0 Å². The molecular weight excluding hydrogens is 200 g/mol. The highest BCUT2D eigenvalue weighted by molar-refractivity contribution is 9.11. The van der Waals surface area contributed by atoms with E-state index in [4.69, 9.17) is 0 Å². The van der Waals surface area contributed by atoms with Crippen molar-refractivity contribution in [1.82, 2.24) is 0 Å². The lowest BCUT2D eigenvalue weighted by atomic mass is 10.3. The van der Waals surface area contributed by atoms with Gasteiger partial charge in [0.1, 0.15) is 0 Å². The van der Waals surface area contributed by atoms with E-state index >= 15 is 0 Å². The number of halogens is 1. The van der Waals surface area contributed by atoms with Crippen LogP contribution < -0.4 is 0 Å². The molecule has 0 saturated carbocycles. The first-order valence-electron chi connectivity index (χ1n) is 3.79. The Balaban J connectivity index is 0. The summed E-state index contributed by atoms with van der Waals surface area (Å²) in [6.07, 6.45) is 5.91.